The molecule has 3 heteroatoms. The Hall–Kier alpha value is -1.02. The van der Waals surface area contributed by atoms with Crippen LogP contribution >= 0.6 is 11.6 Å². The summed E-state index contributed by atoms with van der Waals surface area (Å²) >= 11 is 5.86. The summed E-state index contributed by atoms with van der Waals surface area (Å²) in [7, 11) is 0. The third kappa shape index (κ3) is 5.54. The molecule has 100 valence electrons. The fourth-order valence-corrected chi connectivity index (χ4v) is 1.92. The zero-order chi connectivity index (χ0) is 13.4. The lowest BCUT2D eigenvalue weighted by molar-refractivity contribution is -0.125. The van der Waals surface area contributed by atoms with E-state index >= 15 is 0 Å². The number of rotatable bonds is 8. The monoisotopic (exact) mass is 268 g/mol. The molecule has 0 heterocycles. The number of benzene rings is 1. The summed E-state index contributed by atoms with van der Waals surface area (Å²) in [6.07, 6.45) is 4.65. The minimum atomic E-state index is -0.398. The first-order chi connectivity index (χ1) is 8.63. The summed E-state index contributed by atoms with van der Waals surface area (Å²) in [4.78, 5) is 11.8. The summed E-state index contributed by atoms with van der Waals surface area (Å²) in [5.74, 6) is 0.808. The summed E-state index contributed by atoms with van der Waals surface area (Å²) in [6.45, 7) is 3.95. The van der Waals surface area contributed by atoms with Crippen LogP contribution in [0, 0.1) is 0 Å². The Labute approximate surface area is 114 Å². The van der Waals surface area contributed by atoms with Gasteiger partial charge < -0.3 is 4.74 Å². The van der Waals surface area contributed by atoms with Crippen molar-refractivity contribution in [1.82, 2.24) is 0 Å². The zero-order valence-corrected chi connectivity index (χ0v) is 11.9. The van der Waals surface area contributed by atoms with Gasteiger partial charge in [-0.1, -0.05) is 43.9 Å². The van der Waals surface area contributed by atoms with Gasteiger partial charge in [0.25, 0.3) is 0 Å². The molecule has 0 saturated carbocycles. The van der Waals surface area contributed by atoms with Gasteiger partial charge in [-0.2, -0.15) is 0 Å². The number of unbranched alkanes of at least 4 members (excludes halogenated alkanes) is 3. The van der Waals surface area contributed by atoms with Crippen molar-refractivity contribution >= 4 is 17.4 Å². The third-order valence-corrected chi connectivity index (χ3v) is 3.07. The van der Waals surface area contributed by atoms with Crippen molar-refractivity contribution in [3.8, 4) is 5.75 Å². The molecule has 0 bridgehead atoms. The van der Waals surface area contributed by atoms with Crippen molar-refractivity contribution in [1.29, 1.82) is 0 Å². The van der Waals surface area contributed by atoms with Gasteiger partial charge in [-0.05, 0) is 31.5 Å². The van der Waals surface area contributed by atoms with E-state index in [1.54, 1.807) is 19.1 Å². The van der Waals surface area contributed by atoms with Gasteiger partial charge in [-0.15, -0.1) is 0 Å². The Morgan fingerprint density at radius 3 is 2.78 bits per heavy atom. The Balaban J connectivity index is 2.35. The van der Waals surface area contributed by atoms with Crippen LogP contribution in [0.15, 0.2) is 24.3 Å². The highest BCUT2D eigenvalue weighted by molar-refractivity contribution is 6.30. The fraction of sp³-hybridized carbons (Fsp3) is 0.533. The number of carbonyl (C=O) groups excluding carboxylic acids is 1. The van der Waals surface area contributed by atoms with Crippen LogP contribution in [0.5, 0.6) is 5.75 Å². The maximum atomic E-state index is 11.8. The Kier molecular flexibility index (Phi) is 6.81. The smallest absolute Gasteiger partial charge is 0.172 e. The molecular weight excluding hydrogens is 248 g/mol. The van der Waals surface area contributed by atoms with Crippen molar-refractivity contribution in [3.63, 3.8) is 0 Å². The Morgan fingerprint density at radius 1 is 1.33 bits per heavy atom. The number of hydrogen-bond donors (Lipinski definition) is 0. The molecular formula is C15H21ClO2. The van der Waals surface area contributed by atoms with Crippen LogP contribution in [0.25, 0.3) is 0 Å². The van der Waals surface area contributed by atoms with Gasteiger partial charge in [0, 0.05) is 11.4 Å². The lowest BCUT2D eigenvalue weighted by Gasteiger charge is -2.13. The highest BCUT2D eigenvalue weighted by Gasteiger charge is 2.14. The topological polar surface area (TPSA) is 26.3 Å². The van der Waals surface area contributed by atoms with Crippen LogP contribution < -0.4 is 4.74 Å². The van der Waals surface area contributed by atoms with Crippen LogP contribution in [-0.4, -0.2) is 11.9 Å². The standard InChI is InChI=1S/C15H21ClO2/c1-3-4-5-6-10-15(17)12(2)18-14-9-7-8-13(16)11-14/h7-9,11-12H,3-6,10H2,1-2H3. The molecule has 0 aliphatic rings. The molecule has 2 nitrogen and oxygen atoms in total. The number of halogens is 1. The van der Waals surface area contributed by atoms with E-state index in [0.717, 1.165) is 12.8 Å². The van der Waals surface area contributed by atoms with Gasteiger partial charge in [-0.3, -0.25) is 4.79 Å². The molecule has 0 saturated heterocycles. The molecule has 1 unspecified atom stereocenters. The van der Waals surface area contributed by atoms with Crippen molar-refractivity contribution in [2.75, 3.05) is 0 Å². The maximum Gasteiger partial charge on any atom is 0.172 e. The van der Waals surface area contributed by atoms with Crippen LogP contribution in [-0.2, 0) is 4.79 Å². The largest absolute Gasteiger partial charge is 0.483 e. The van der Waals surface area contributed by atoms with E-state index < -0.39 is 6.10 Å². The molecule has 0 spiro atoms. The second-order valence-electron chi connectivity index (χ2n) is 4.49. The molecule has 1 rings (SSSR count). The first kappa shape index (κ1) is 15.0. The van der Waals surface area contributed by atoms with Gasteiger partial charge in [0.2, 0.25) is 0 Å². The second kappa shape index (κ2) is 8.15. The third-order valence-electron chi connectivity index (χ3n) is 2.84. The maximum absolute atomic E-state index is 11.8. The number of Topliss-reactive ketones (excluding diaryl/α,β-unsaturated/α-hetero) is 1. The normalized spacial score (nSPS) is 12.2. The van der Waals surface area contributed by atoms with E-state index in [2.05, 4.69) is 6.92 Å². The van der Waals surface area contributed by atoms with Gasteiger partial charge in [-0.25, -0.2) is 0 Å². The quantitative estimate of drug-likeness (QED) is 0.642. The first-order valence-corrected chi connectivity index (χ1v) is 6.96. The number of carbonyl (C=O) groups is 1. The van der Waals surface area contributed by atoms with Gasteiger partial charge in [0.15, 0.2) is 11.9 Å². The van der Waals surface area contributed by atoms with Crippen LogP contribution in [0.4, 0.5) is 0 Å². The summed E-state index contributed by atoms with van der Waals surface area (Å²) in [5, 5.41) is 0.620. The molecule has 0 radical (unpaired) electrons. The SMILES string of the molecule is CCCCCCC(=O)C(C)Oc1cccc(Cl)c1. The van der Waals surface area contributed by atoms with E-state index in [-0.39, 0.29) is 5.78 Å². The predicted octanol–water partition coefficient (Wildman–Crippen LogP) is 4.65. The molecule has 0 fully saturated rings. The van der Waals surface area contributed by atoms with Crippen molar-refractivity contribution in [2.24, 2.45) is 0 Å². The molecule has 0 aliphatic carbocycles. The summed E-state index contributed by atoms with van der Waals surface area (Å²) in [5.41, 5.74) is 0. The number of ketones is 1. The number of ether oxygens (including phenoxy) is 1. The molecule has 0 N–H and O–H groups in total. The van der Waals surface area contributed by atoms with Crippen LogP contribution in [0.2, 0.25) is 5.02 Å². The van der Waals surface area contributed by atoms with E-state index in [1.807, 2.05) is 12.1 Å². The molecule has 0 amide bonds. The predicted molar refractivity (Wildman–Crippen MR) is 75.3 cm³/mol. The lowest BCUT2D eigenvalue weighted by atomic mass is 10.1. The lowest BCUT2D eigenvalue weighted by Crippen LogP contribution is -2.23. The van der Waals surface area contributed by atoms with Crippen molar-refractivity contribution in [3.05, 3.63) is 29.3 Å². The molecule has 18 heavy (non-hydrogen) atoms. The summed E-state index contributed by atoms with van der Waals surface area (Å²) < 4.78 is 5.58. The first-order valence-electron chi connectivity index (χ1n) is 6.58. The van der Waals surface area contributed by atoms with Crippen molar-refractivity contribution < 1.29 is 9.53 Å². The Morgan fingerprint density at radius 2 is 2.11 bits per heavy atom. The van der Waals surface area contributed by atoms with E-state index in [9.17, 15) is 4.79 Å². The van der Waals surface area contributed by atoms with E-state index in [4.69, 9.17) is 16.3 Å². The Bertz CT molecular complexity index is 377. The highest BCUT2D eigenvalue weighted by atomic mass is 35.5. The van der Waals surface area contributed by atoms with E-state index in [1.165, 1.54) is 12.8 Å². The van der Waals surface area contributed by atoms with Crippen LogP contribution in [0.3, 0.4) is 0 Å². The van der Waals surface area contributed by atoms with Gasteiger partial charge in [0.05, 0.1) is 0 Å². The molecule has 1 aromatic carbocycles. The van der Waals surface area contributed by atoms with Crippen molar-refractivity contribution in [2.45, 2.75) is 52.1 Å². The summed E-state index contributed by atoms with van der Waals surface area (Å²) in [6, 6.07) is 7.14. The molecule has 1 atom stereocenters. The van der Waals surface area contributed by atoms with Crippen LogP contribution in [0.1, 0.15) is 46.0 Å². The average molecular weight is 269 g/mol. The minimum absolute atomic E-state index is 0.158. The molecule has 1 aromatic rings. The van der Waals surface area contributed by atoms with Gasteiger partial charge >= 0.3 is 0 Å². The second-order valence-corrected chi connectivity index (χ2v) is 4.93. The zero-order valence-electron chi connectivity index (χ0n) is 11.1. The highest BCUT2D eigenvalue weighted by Crippen LogP contribution is 2.19. The molecule has 0 aromatic heterocycles. The fourth-order valence-electron chi connectivity index (χ4n) is 1.74. The average Bonchev–Trinajstić information content (AvgIpc) is 2.34. The van der Waals surface area contributed by atoms with E-state index in [0.29, 0.717) is 17.2 Å². The minimum Gasteiger partial charge on any atom is -0.483 e. The van der Waals surface area contributed by atoms with Gasteiger partial charge in [0.1, 0.15) is 5.75 Å². The molecule has 0 aliphatic heterocycles. The number of hydrogen-bond acceptors (Lipinski definition) is 2.